The monoisotopic (exact) mass is 380 g/mol. The SMILES string of the molecule is N=C(N)c1c(N)cccc1-c1ccc2cc(C(=O)Nc3ccccc3)ccc2c1. The third kappa shape index (κ3) is 3.66. The first-order valence-electron chi connectivity index (χ1n) is 9.16. The Morgan fingerprint density at radius 2 is 1.55 bits per heavy atom. The van der Waals surface area contributed by atoms with E-state index in [0.29, 0.717) is 16.8 Å². The summed E-state index contributed by atoms with van der Waals surface area (Å²) in [6, 6.07) is 26.3. The molecule has 5 nitrogen and oxygen atoms in total. The summed E-state index contributed by atoms with van der Waals surface area (Å²) in [4.78, 5) is 12.5. The number of nitrogen functional groups attached to an aromatic ring is 2. The van der Waals surface area contributed by atoms with Crippen LogP contribution in [0.3, 0.4) is 0 Å². The molecular weight excluding hydrogens is 360 g/mol. The standard InChI is InChI=1S/C24H20N4O/c25-21-8-4-7-20(22(21)23(26)27)17-11-9-16-14-18(12-10-15(16)13-17)24(29)28-19-5-2-1-3-6-19/h1-14H,25H2,(H3,26,27)(H,28,29). The number of rotatable bonds is 4. The van der Waals surface area contributed by atoms with E-state index in [-0.39, 0.29) is 11.7 Å². The van der Waals surface area contributed by atoms with Crippen molar-refractivity contribution in [2.24, 2.45) is 5.73 Å². The molecule has 4 rings (SSSR count). The first-order chi connectivity index (χ1) is 14.0. The molecule has 0 bridgehead atoms. The van der Waals surface area contributed by atoms with Gasteiger partial charge in [0.15, 0.2) is 0 Å². The van der Waals surface area contributed by atoms with E-state index in [4.69, 9.17) is 16.9 Å². The van der Waals surface area contributed by atoms with Crippen LogP contribution >= 0.6 is 0 Å². The number of hydrogen-bond donors (Lipinski definition) is 4. The number of carbonyl (C=O) groups excluding carboxylic acids is 1. The minimum absolute atomic E-state index is 0.0638. The van der Waals surface area contributed by atoms with Crippen molar-refractivity contribution in [3.05, 3.63) is 96.1 Å². The quantitative estimate of drug-likeness (QED) is 0.236. The van der Waals surface area contributed by atoms with Crippen LogP contribution in [0.4, 0.5) is 11.4 Å². The fourth-order valence-corrected chi connectivity index (χ4v) is 3.39. The van der Waals surface area contributed by atoms with Crippen molar-refractivity contribution in [2.75, 3.05) is 11.1 Å². The third-order valence-electron chi connectivity index (χ3n) is 4.81. The van der Waals surface area contributed by atoms with Gasteiger partial charge in [0, 0.05) is 22.5 Å². The maximum absolute atomic E-state index is 12.5. The van der Waals surface area contributed by atoms with Crippen LogP contribution in [0.2, 0.25) is 0 Å². The molecule has 0 saturated heterocycles. The number of nitrogens with two attached hydrogens (primary N) is 2. The number of amides is 1. The van der Waals surface area contributed by atoms with Crippen molar-refractivity contribution < 1.29 is 4.79 Å². The van der Waals surface area contributed by atoms with Crippen LogP contribution in [-0.2, 0) is 0 Å². The van der Waals surface area contributed by atoms with Gasteiger partial charge in [0.1, 0.15) is 5.84 Å². The summed E-state index contributed by atoms with van der Waals surface area (Å²) in [5, 5.41) is 12.7. The molecule has 0 unspecified atom stereocenters. The summed E-state index contributed by atoms with van der Waals surface area (Å²) >= 11 is 0. The predicted molar refractivity (Wildman–Crippen MR) is 119 cm³/mol. The van der Waals surface area contributed by atoms with E-state index in [9.17, 15) is 4.79 Å². The lowest BCUT2D eigenvalue weighted by molar-refractivity contribution is 0.102. The molecule has 0 heterocycles. The van der Waals surface area contributed by atoms with Crippen LogP contribution in [0.5, 0.6) is 0 Å². The van der Waals surface area contributed by atoms with Gasteiger partial charge in [0.25, 0.3) is 5.91 Å². The minimum Gasteiger partial charge on any atom is -0.398 e. The third-order valence-corrected chi connectivity index (χ3v) is 4.81. The Bertz CT molecular complexity index is 1230. The summed E-state index contributed by atoms with van der Waals surface area (Å²) < 4.78 is 0. The predicted octanol–water partition coefficient (Wildman–Crippen LogP) is 4.63. The first-order valence-corrected chi connectivity index (χ1v) is 9.16. The maximum atomic E-state index is 12.5. The lowest BCUT2D eigenvalue weighted by atomic mass is 9.95. The van der Waals surface area contributed by atoms with Crippen LogP contribution in [0, 0.1) is 5.41 Å². The van der Waals surface area contributed by atoms with E-state index in [0.717, 1.165) is 27.6 Å². The zero-order valence-electron chi connectivity index (χ0n) is 15.6. The van der Waals surface area contributed by atoms with Crippen molar-refractivity contribution in [1.82, 2.24) is 0 Å². The lowest BCUT2D eigenvalue weighted by Crippen LogP contribution is -2.15. The second kappa shape index (κ2) is 7.48. The van der Waals surface area contributed by atoms with Crippen molar-refractivity contribution in [2.45, 2.75) is 0 Å². The number of nitrogens with one attached hydrogen (secondary N) is 2. The second-order valence-electron chi connectivity index (χ2n) is 6.78. The Morgan fingerprint density at radius 1 is 0.828 bits per heavy atom. The van der Waals surface area contributed by atoms with Crippen molar-refractivity contribution in [3.8, 4) is 11.1 Å². The summed E-state index contributed by atoms with van der Waals surface area (Å²) in [6.45, 7) is 0. The van der Waals surface area contributed by atoms with Crippen LogP contribution in [0.25, 0.3) is 21.9 Å². The van der Waals surface area contributed by atoms with Crippen molar-refractivity contribution in [1.29, 1.82) is 5.41 Å². The van der Waals surface area contributed by atoms with Gasteiger partial charge >= 0.3 is 0 Å². The van der Waals surface area contributed by atoms with Gasteiger partial charge in [-0.1, -0.05) is 48.5 Å². The van der Waals surface area contributed by atoms with Crippen LogP contribution in [-0.4, -0.2) is 11.7 Å². The Labute approximate surface area is 168 Å². The number of fused-ring (bicyclic) bond motifs is 1. The highest BCUT2D eigenvalue weighted by Crippen LogP contribution is 2.30. The Morgan fingerprint density at radius 3 is 2.31 bits per heavy atom. The molecule has 0 atom stereocenters. The van der Waals surface area contributed by atoms with Crippen molar-refractivity contribution in [3.63, 3.8) is 0 Å². The van der Waals surface area contributed by atoms with Gasteiger partial charge in [0.05, 0.1) is 0 Å². The number of amidine groups is 1. The molecule has 0 spiro atoms. The molecule has 0 aliphatic carbocycles. The molecule has 4 aromatic carbocycles. The van der Waals surface area contributed by atoms with Gasteiger partial charge < -0.3 is 16.8 Å². The molecule has 0 fully saturated rings. The molecular formula is C24H20N4O. The number of para-hydroxylation sites is 1. The van der Waals surface area contributed by atoms with Crippen LogP contribution in [0.1, 0.15) is 15.9 Å². The van der Waals surface area contributed by atoms with Gasteiger partial charge in [-0.05, 0) is 58.3 Å². The fourth-order valence-electron chi connectivity index (χ4n) is 3.39. The first kappa shape index (κ1) is 18.3. The molecule has 0 aliphatic rings. The fraction of sp³-hybridized carbons (Fsp3) is 0. The van der Waals surface area contributed by atoms with Gasteiger partial charge in [0.2, 0.25) is 0 Å². The van der Waals surface area contributed by atoms with Crippen LogP contribution < -0.4 is 16.8 Å². The molecule has 6 N–H and O–H groups in total. The normalized spacial score (nSPS) is 10.6. The molecule has 29 heavy (non-hydrogen) atoms. The number of anilines is 2. The Hall–Kier alpha value is -4.12. The Kier molecular flexibility index (Phi) is 4.71. The van der Waals surface area contributed by atoms with Gasteiger partial charge in [-0.3, -0.25) is 10.2 Å². The summed E-state index contributed by atoms with van der Waals surface area (Å²) in [5.74, 6) is -0.219. The Balaban J connectivity index is 1.69. The smallest absolute Gasteiger partial charge is 0.255 e. The molecule has 5 heteroatoms. The number of benzene rings is 4. The van der Waals surface area contributed by atoms with Crippen LogP contribution in [0.15, 0.2) is 84.9 Å². The molecule has 0 aromatic heterocycles. The van der Waals surface area contributed by atoms with Gasteiger partial charge in [-0.2, -0.15) is 0 Å². The summed E-state index contributed by atoms with van der Waals surface area (Å²) in [7, 11) is 0. The molecule has 0 aliphatic heterocycles. The number of hydrogen-bond acceptors (Lipinski definition) is 3. The molecule has 0 radical (unpaired) electrons. The van der Waals surface area contributed by atoms with Crippen molar-refractivity contribution >= 4 is 33.9 Å². The highest BCUT2D eigenvalue weighted by atomic mass is 16.1. The van der Waals surface area contributed by atoms with Gasteiger partial charge in [-0.15, -0.1) is 0 Å². The van der Waals surface area contributed by atoms with E-state index in [1.165, 1.54) is 0 Å². The molecule has 142 valence electrons. The molecule has 4 aromatic rings. The van der Waals surface area contributed by atoms with Gasteiger partial charge in [-0.25, -0.2) is 0 Å². The molecule has 0 saturated carbocycles. The second-order valence-corrected chi connectivity index (χ2v) is 6.78. The lowest BCUT2D eigenvalue weighted by Gasteiger charge is -2.12. The maximum Gasteiger partial charge on any atom is 0.255 e. The zero-order valence-corrected chi connectivity index (χ0v) is 15.6. The summed E-state index contributed by atoms with van der Waals surface area (Å²) in [6.07, 6.45) is 0. The number of carbonyl (C=O) groups is 1. The highest BCUT2D eigenvalue weighted by Gasteiger charge is 2.12. The molecule has 1 amide bonds. The highest BCUT2D eigenvalue weighted by molar-refractivity contribution is 6.08. The van der Waals surface area contributed by atoms with E-state index in [1.54, 1.807) is 12.1 Å². The summed E-state index contributed by atoms with van der Waals surface area (Å²) in [5.41, 5.74) is 15.8. The minimum atomic E-state index is -0.156. The topological polar surface area (TPSA) is 105 Å². The average molecular weight is 380 g/mol. The van der Waals surface area contributed by atoms with E-state index >= 15 is 0 Å². The zero-order chi connectivity index (χ0) is 20.4. The largest absolute Gasteiger partial charge is 0.398 e. The van der Waals surface area contributed by atoms with E-state index in [2.05, 4.69) is 5.32 Å². The average Bonchev–Trinajstić information content (AvgIpc) is 2.73. The van der Waals surface area contributed by atoms with E-state index in [1.807, 2.05) is 72.8 Å². The van der Waals surface area contributed by atoms with E-state index < -0.39 is 0 Å².